The van der Waals surface area contributed by atoms with Crippen LogP contribution in [0.4, 0.5) is 17.3 Å². The molecule has 0 unspecified atom stereocenters. The highest BCUT2D eigenvalue weighted by atomic mass is 16.5. The summed E-state index contributed by atoms with van der Waals surface area (Å²) in [6.45, 7) is 4.95. The van der Waals surface area contributed by atoms with Gasteiger partial charge in [0.25, 0.3) is 0 Å². The molecule has 2 aromatic heterocycles. The fraction of sp³-hybridized carbons (Fsp3) is 0.185. The minimum Gasteiger partial charge on any atom is -0.457 e. The Bertz CT molecular complexity index is 1340. The van der Waals surface area contributed by atoms with Crippen molar-refractivity contribution in [1.82, 2.24) is 19.9 Å². The van der Waals surface area contributed by atoms with Gasteiger partial charge in [-0.15, -0.1) is 0 Å². The molecule has 0 spiro atoms. The molecular formula is C27H26N6O2. The Balaban J connectivity index is 1.34. The lowest BCUT2D eigenvalue weighted by molar-refractivity contribution is -0.125. The number of likely N-dealkylation sites (N-methyl/N-ethyl adjacent to an activating group) is 1. The molecule has 1 saturated heterocycles. The average molecular weight is 467 g/mol. The van der Waals surface area contributed by atoms with Crippen LogP contribution in [0.15, 0.2) is 85.7 Å². The minimum absolute atomic E-state index is 0.0348. The second kappa shape index (κ2) is 9.80. The number of anilines is 3. The molecule has 1 amide bonds. The van der Waals surface area contributed by atoms with Crippen LogP contribution in [-0.2, 0) is 4.79 Å². The molecule has 1 atom stereocenters. The summed E-state index contributed by atoms with van der Waals surface area (Å²) in [4.78, 5) is 29.6. The molecule has 0 aliphatic carbocycles. The van der Waals surface area contributed by atoms with E-state index in [1.54, 1.807) is 0 Å². The topological polar surface area (TPSA) is 83.5 Å². The maximum atomic E-state index is 12.0. The molecule has 0 saturated carbocycles. The maximum Gasteiger partial charge on any atom is 0.246 e. The molecule has 0 radical (unpaired) electrons. The number of nitrogens with zero attached hydrogens (tertiary/aromatic N) is 5. The van der Waals surface area contributed by atoms with Crippen molar-refractivity contribution in [2.24, 2.45) is 0 Å². The SMILES string of the molecule is C=CC(=O)N1CC[C@H](N(C)c2ccc3ncnc(Nc4ccc(Oc5ccccc5)cc4)c3n2)C1. The number of hydrogen-bond acceptors (Lipinski definition) is 7. The Morgan fingerprint density at radius 1 is 1.09 bits per heavy atom. The molecule has 5 rings (SSSR count). The van der Waals surface area contributed by atoms with Gasteiger partial charge in [0.1, 0.15) is 29.2 Å². The quantitative estimate of drug-likeness (QED) is 0.392. The van der Waals surface area contributed by atoms with Gasteiger partial charge in [-0.3, -0.25) is 4.79 Å². The van der Waals surface area contributed by atoms with Crippen molar-refractivity contribution in [2.45, 2.75) is 12.5 Å². The van der Waals surface area contributed by atoms with Crippen molar-refractivity contribution in [2.75, 3.05) is 30.4 Å². The molecule has 1 fully saturated rings. The number of ether oxygens (including phenoxy) is 1. The van der Waals surface area contributed by atoms with Gasteiger partial charge < -0.3 is 19.9 Å². The van der Waals surface area contributed by atoms with Gasteiger partial charge in [0.2, 0.25) is 5.91 Å². The molecule has 1 N–H and O–H groups in total. The molecule has 1 aliphatic rings. The van der Waals surface area contributed by atoms with Crippen LogP contribution in [0.5, 0.6) is 11.5 Å². The number of pyridine rings is 1. The van der Waals surface area contributed by atoms with E-state index in [-0.39, 0.29) is 11.9 Å². The number of hydrogen-bond donors (Lipinski definition) is 1. The summed E-state index contributed by atoms with van der Waals surface area (Å²) < 4.78 is 5.87. The smallest absolute Gasteiger partial charge is 0.246 e. The van der Waals surface area contributed by atoms with Crippen LogP contribution in [0.1, 0.15) is 6.42 Å². The maximum absolute atomic E-state index is 12.0. The van der Waals surface area contributed by atoms with Gasteiger partial charge in [-0.1, -0.05) is 24.8 Å². The van der Waals surface area contributed by atoms with E-state index in [0.29, 0.717) is 24.4 Å². The van der Waals surface area contributed by atoms with Crippen molar-refractivity contribution in [3.8, 4) is 11.5 Å². The molecular weight excluding hydrogens is 440 g/mol. The van der Waals surface area contributed by atoms with Crippen LogP contribution in [0.25, 0.3) is 11.0 Å². The second-order valence-corrected chi connectivity index (χ2v) is 8.37. The molecule has 1 aliphatic heterocycles. The van der Waals surface area contributed by atoms with Gasteiger partial charge >= 0.3 is 0 Å². The number of para-hydroxylation sites is 1. The Hall–Kier alpha value is -4.46. The summed E-state index contributed by atoms with van der Waals surface area (Å²) in [5.74, 6) is 2.93. The number of aromatic nitrogens is 3. The molecule has 0 bridgehead atoms. The zero-order valence-electron chi connectivity index (χ0n) is 19.5. The Labute approximate surface area is 203 Å². The van der Waals surface area contributed by atoms with Gasteiger partial charge in [-0.05, 0) is 61.0 Å². The van der Waals surface area contributed by atoms with E-state index in [4.69, 9.17) is 9.72 Å². The number of nitrogens with one attached hydrogen (secondary N) is 1. The van der Waals surface area contributed by atoms with E-state index in [2.05, 4.69) is 26.8 Å². The molecule has 8 heteroatoms. The number of carbonyl (C=O) groups excluding carboxylic acids is 1. The average Bonchev–Trinajstić information content (AvgIpc) is 3.40. The van der Waals surface area contributed by atoms with Crippen LogP contribution >= 0.6 is 0 Å². The Morgan fingerprint density at radius 3 is 2.63 bits per heavy atom. The van der Waals surface area contributed by atoms with E-state index < -0.39 is 0 Å². The van der Waals surface area contributed by atoms with Gasteiger partial charge in [0, 0.05) is 31.9 Å². The summed E-state index contributed by atoms with van der Waals surface area (Å²) in [7, 11) is 2.00. The van der Waals surface area contributed by atoms with Crippen LogP contribution in [0, 0.1) is 0 Å². The predicted molar refractivity (Wildman–Crippen MR) is 137 cm³/mol. The highest BCUT2D eigenvalue weighted by molar-refractivity contribution is 5.88. The first-order valence-corrected chi connectivity index (χ1v) is 11.5. The lowest BCUT2D eigenvalue weighted by Crippen LogP contribution is -2.36. The van der Waals surface area contributed by atoms with Crippen molar-refractivity contribution < 1.29 is 9.53 Å². The molecule has 176 valence electrons. The third-order valence-electron chi connectivity index (χ3n) is 6.12. The summed E-state index contributed by atoms with van der Waals surface area (Å²) in [6.07, 6.45) is 3.77. The monoisotopic (exact) mass is 466 g/mol. The normalized spacial score (nSPS) is 15.1. The first-order valence-electron chi connectivity index (χ1n) is 11.5. The lowest BCUT2D eigenvalue weighted by atomic mass is 10.2. The number of amides is 1. The number of carbonyl (C=O) groups is 1. The molecule has 2 aromatic carbocycles. The van der Waals surface area contributed by atoms with Crippen LogP contribution in [0.3, 0.4) is 0 Å². The summed E-state index contributed by atoms with van der Waals surface area (Å²) in [5.41, 5.74) is 2.29. The van der Waals surface area contributed by atoms with E-state index in [1.807, 2.05) is 78.7 Å². The van der Waals surface area contributed by atoms with E-state index in [1.165, 1.54) is 12.4 Å². The Kier molecular flexibility index (Phi) is 6.26. The first kappa shape index (κ1) is 22.3. The summed E-state index contributed by atoms with van der Waals surface area (Å²) in [5, 5.41) is 3.35. The van der Waals surface area contributed by atoms with E-state index in [9.17, 15) is 4.79 Å². The Morgan fingerprint density at radius 2 is 1.86 bits per heavy atom. The van der Waals surface area contributed by atoms with Crippen molar-refractivity contribution >= 4 is 34.3 Å². The number of likely N-dealkylation sites (tertiary alicyclic amines) is 1. The third kappa shape index (κ3) is 4.91. The van der Waals surface area contributed by atoms with Crippen molar-refractivity contribution in [3.05, 3.63) is 85.7 Å². The molecule has 35 heavy (non-hydrogen) atoms. The van der Waals surface area contributed by atoms with Crippen LogP contribution < -0.4 is 15.0 Å². The standard InChI is InChI=1S/C27H26N6O2/c1-3-25(34)33-16-15-20(17-33)32(2)24-14-13-23-26(31-24)27(29-18-28-23)30-19-9-11-22(12-10-19)35-21-7-5-4-6-8-21/h3-14,18,20H,1,15-17H2,2H3,(H,28,29,30)/t20-/m0/s1. The van der Waals surface area contributed by atoms with E-state index in [0.717, 1.165) is 34.9 Å². The number of benzene rings is 2. The van der Waals surface area contributed by atoms with Gasteiger partial charge in [0.05, 0.1) is 5.52 Å². The summed E-state index contributed by atoms with van der Waals surface area (Å²) in [6, 6.07) is 21.4. The fourth-order valence-electron chi connectivity index (χ4n) is 4.16. The molecule has 3 heterocycles. The second-order valence-electron chi connectivity index (χ2n) is 8.37. The van der Waals surface area contributed by atoms with Gasteiger partial charge in [-0.2, -0.15) is 0 Å². The van der Waals surface area contributed by atoms with Crippen LogP contribution in [-0.4, -0.2) is 51.9 Å². The lowest BCUT2D eigenvalue weighted by Gasteiger charge is -2.26. The molecule has 4 aromatic rings. The third-order valence-corrected chi connectivity index (χ3v) is 6.12. The van der Waals surface area contributed by atoms with Gasteiger partial charge in [-0.25, -0.2) is 15.0 Å². The van der Waals surface area contributed by atoms with Crippen LogP contribution in [0.2, 0.25) is 0 Å². The van der Waals surface area contributed by atoms with Gasteiger partial charge in [0.15, 0.2) is 5.82 Å². The molecule has 8 nitrogen and oxygen atoms in total. The fourth-order valence-corrected chi connectivity index (χ4v) is 4.16. The zero-order chi connectivity index (χ0) is 24.2. The largest absolute Gasteiger partial charge is 0.457 e. The number of rotatable bonds is 7. The zero-order valence-corrected chi connectivity index (χ0v) is 19.5. The number of fused-ring (bicyclic) bond motifs is 1. The van der Waals surface area contributed by atoms with Crippen molar-refractivity contribution in [1.29, 1.82) is 0 Å². The predicted octanol–water partition coefficient (Wildman–Crippen LogP) is 4.78. The highest BCUT2D eigenvalue weighted by Crippen LogP contribution is 2.28. The van der Waals surface area contributed by atoms with Crippen molar-refractivity contribution in [3.63, 3.8) is 0 Å². The highest BCUT2D eigenvalue weighted by Gasteiger charge is 2.28. The van der Waals surface area contributed by atoms with E-state index >= 15 is 0 Å². The summed E-state index contributed by atoms with van der Waals surface area (Å²) >= 11 is 0. The minimum atomic E-state index is -0.0348. The first-order chi connectivity index (χ1) is 17.1.